The first kappa shape index (κ1) is 20.2. The molecule has 0 fully saturated rings. The molecule has 4 rings (SSSR count). The first-order valence-electron chi connectivity index (χ1n) is 9.72. The Morgan fingerprint density at radius 1 is 0.931 bits per heavy atom. The largest absolute Gasteiger partial charge is 0.417 e. The van der Waals surface area contributed by atoms with Gasteiger partial charge in [0, 0.05) is 41.3 Å². The highest BCUT2D eigenvalue weighted by Crippen LogP contribution is 2.48. The Kier molecular flexibility index (Phi) is 4.88. The van der Waals surface area contributed by atoms with E-state index >= 15 is 0 Å². The fourth-order valence-electron chi connectivity index (χ4n) is 4.76. The molecule has 2 aliphatic carbocycles. The Balaban J connectivity index is 1.93. The van der Waals surface area contributed by atoms with Gasteiger partial charge in [-0.2, -0.15) is 13.2 Å². The van der Waals surface area contributed by atoms with Crippen LogP contribution in [0.15, 0.2) is 40.7 Å². The topological polar surface area (TPSA) is 46.2 Å². The minimum absolute atomic E-state index is 0.113. The van der Waals surface area contributed by atoms with E-state index in [4.69, 9.17) is 11.6 Å². The quantitative estimate of drug-likeness (QED) is 0.644. The van der Waals surface area contributed by atoms with Crippen molar-refractivity contribution in [1.82, 2.24) is 5.32 Å². The van der Waals surface area contributed by atoms with Crippen LogP contribution in [-0.4, -0.2) is 11.6 Å². The molecular weight excluding hydrogens is 403 g/mol. The van der Waals surface area contributed by atoms with Gasteiger partial charge < -0.3 is 5.32 Å². The number of carbonyl (C=O) groups excluding carboxylic acids is 2. The van der Waals surface area contributed by atoms with E-state index in [-0.39, 0.29) is 29.0 Å². The molecule has 0 aromatic heterocycles. The summed E-state index contributed by atoms with van der Waals surface area (Å²) in [5, 5.41) is 2.91. The number of hydrogen-bond donors (Lipinski definition) is 1. The molecule has 0 spiro atoms. The SMILES string of the molecule is CC1CC(=O)C2=C(C1)NC1=C(C(=O)CC(C)C1)C2c1ccc(Cl)c(C(F)(F)F)c1. The lowest BCUT2D eigenvalue weighted by Gasteiger charge is -2.39. The lowest BCUT2D eigenvalue weighted by atomic mass is 9.69. The van der Waals surface area contributed by atoms with Crippen LogP contribution in [0.3, 0.4) is 0 Å². The van der Waals surface area contributed by atoms with E-state index in [0.717, 1.165) is 17.5 Å². The van der Waals surface area contributed by atoms with Crippen molar-refractivity contribution >= 4 is 23.2 Å². The summed E-state index contributed by atoms with van der Waals surface area (Å²) < 4.78 is 40.4. The van der Waals surface area contributed by atoms with Crippen LogP contribution >= 0.6 is 11.6 Å². The summed E-state index contributed by atoms with van der Waals surface area (Å²) in [6.45, 7) is 3.95. The van der Waals surface area contributed by atoms with Crippen LogP contribution in [0, 0.1) is 11.8 Å². The van der Waals surface area contributed by atoms with Crippen LogP contribution in [0.25, 0.3) is 0 Å². The highest BCUT2D eigenvalue weighted by atomic mass is 35.5. The Bertz CT molecular complexity index is 931. The molecule has 1 heterocycles. The van der Waals surface area contributed by atoms with Gasteiger partial charge in [-0.25, -0.2) is 0 Å². The third-order valence-electron chi connectivity index (χ3n) is 5.93. The van der Waals surface area contributed by atoms with Gasteiger partial charge in [0.1, 0.15) is 0 Å². The zero-order chi connectivity index (χ0) is 21.1. The number of alkyl halides is 3. The zero-order valence-electron chi connectivity index (χ0n) is 16.1. The van der Waals surface area contributed by atoms with Gasteiger partial charge in [-0.05, 0) is 42.4 Å². The number of hydrogen-bond acceptors (Lipinski definition) is 3. The van der Waals surface area contributed by atoms with Gasteiger partial charge in [-0.3, -0.25) is 9.59 Å². The number of nitrogens with one attached hydrogen (secondary N) is 1. The number of carbonyl (C=O) groups is 2. The predicted molar refractivity (Wildman–Crippen MR) is 103 cm³/mol. The van der Waals surface area contributed by atoms with Crippen molar-refractivity contribution in [2.75, 3.05) is 0 Å². The zero-order valence-corrected chi connectivity index (χ0v) is 16.9. The van der Waals surface area contributed by atoms with Gasteiger partial charge in [-0.1, -0.05) is 31.5 Å². The third-order valence-corrected chi connectivity index (χ3v) is 6.26. The highest BCUT2D eigenvalue weighted by Gasteiger charge is 2.43. The molecule has 3 nitrogen and oxygen atoms in total. The molecule has 1 N–H and O–H groups in total. The van der Waals surface area contributed by atoms with E-state index in [9.17, 15) is 22.8 Å². The average Bonchev–Trinajstić information content (AvgIpc) is 2.59. The Hall–Kier alpha value is -2.08. The molecule has 154 valence electrons. The van der Waals surface area contributed by atoms with Crippen LogP contribution in [0.1, 0.15) is 56.6 Å². The van der Waals surface area contributed by atoms with E-state index in [1.165, 1.54) is 12.1 Å². The van der Waals surface area contributed by atoms with Crippen molar-refractivity contribution in [3.05, 3.63) is 56.9 Å². The summed E-state index contributed by atoms with van der Waals surface area (Å²) >= 11 is 5.80. The maximum Gasteiger partial charge on any atom is 0.417 e. The molecule has 2 atom stereocenters. The molecule has 29 heavy (non-hydrogen) atoms. The lowest BCUT2D eigenvalue weighted by molar-refractivity contribution is -0.137. The van der Waals surface area contributed by atoms with Crippen molar-refractivity contribution in [2.24, 2.45) is 11.8 Å². The number of dihydropyridines is 1. The van der Waals surface area contributed by atoms with E-state index < -0.39 is 22.7 Å². The maximum absolute atomic E-state index is 13.5. The van der Waals surface area contributed by atoms with Crippen molar-refractivity contribution in [2.45, 2.75) is 51.6 Å². The molecule has 1 aromatic rings. The fraction of sp³-hybridized carbons (Fsp3) is 0.455. The van der Waals surface area contributed by atoms with Crippen LogP contribution in [0.5, 0.6) is 0 Å². The molecule has 2 unspecified atom stereocenters. The molecule has 0 saturated carbocycles. The van der Waals surface area contributed by atoms with Crippen molar-refractivity contribution < 1.29 is 22.8 Å². The second-order valence-electron chi connectivity index (χ2n) is 8.45. The Morgan fingerprint density at radius 2 is 1.45 bits per heavy atom. The molecule has 0 amide bonds. The number of allylic oxidation sites excluding steroid dienone is 4. The summed E-state index contributed by atoms with van der Waals surface area (Å²) in [6.07, 6.45) is -2.70. The number of rotatable bonds is 1. The summed E-state index contributed by atoms with van der Waals surface area (Å²) in [4.78, 5) is 25.9. The average molecular weight is 424 g/mol. The van der Waals surface area contributed by atoms with Crippen LogP contribution in [-0.2, 0) is 15.8 Å². The smallest absolute Gasteiger partial charge is 0.362 e. The van der Waals surface area contributed by atoms with Gasteiger partial charge in [0.2, 0.25) is 0 Å². The summed E-state index contributed by atoms with van der Waals surface area (Å²) in [6, 6.07) is 3.69. The van der Waals surface area contributed by atoms with Gasteiger partial charge in [0.15, 0.2) is 11.6 Å². The van der Waals surface area contributed by atoms with E-state index in [1.807, 2.05) is 13.8 Å². The first-order valence-corrected chi connectivity index (χ1v) is 10.1. The maximum atomic E-state index is 13.5. The normalized spacial score (nSPS) is 27.6. The first-order chi connectivity index (χ1) is 13.6. The molecule has 0 saturated heterocycles. The standard InChI is InChI=1S/C22H21ClF3NO2/c1-10-5-15-20(17(28)7-10)19(21-16(27-15)6-11(2)8-18(21)29)12-3-4-14(23)13(9-12)22(24,25)26/h3-4,9-11,19,27H,5-8H2,1-2H3. The van der Waals surface area contributed by atoms with Gasteiger partial charge in [-0.15, -0.1) is 0 Å². The minimum atomic E-state index is -4.62. The van der Waals surface area contributed by atoms with E-state index in [1.54, 1.807) is 0 Å². The van der Waals surface area contributed by atoms with Crippen LogP contribution < -0.4 is 5.32 Å². The number of benzene rings is 1. The van der Waals surface area contributed by atoms with Gasteiger partial charge in [0.25, 0.3) is 0 Å². The fourth-order valence-corrected chi connectivity index (χ4v) is 4.98. The third kappa shape index (κ3) is 3.52. The van der Waals surface area contributed by atoms with Crippen molar-refractivity contribution in [1.29, 1.82) is 0 Å². The number of ketones is 2. The molecular formula is C22H21ClF3NO2. The number of halogens is 4. The molecule has 0 bridgehead atoms. The lowest BCUT2D eigenvalue weighted by Crippen LogP contribution is -2.39. The molecule has 3 aliphatic rings. The monoisotopic (exact) mass is 423 g/mol. The minimum Gasteiger partial charge on any atom is -0.362 e. The summed E-state index contributed by atoms with van der Waals surface area (Å²) in [5.41, 5.74) is 1.67. The van der Waals surface area contributed by atoms with E-state index in [0.29, 0.717) is 36.8 Å². The molecule has 7 heteroatoms. The van der Waals surface area contributed by atoms with Crippen LogP contribution in [0.2, 0.25) is 5.02 Å². The van der Waals surface area contributed by atoms with Gasteiger partial charge >= 0.3 is 6.18 Å². The predicted octanol–water partition coefficient (Wildman–Crippen LogP) is 5.55. The van der Waals surface area contributed by atoms with Crippen LogP contribution in [0.4, 0.5) is 13.2 Å². The highest BCUT2D eigenvalue weighted by molar-refractivity contribution is 6.31. The molecule has 1 aromatic carbocycles. The van der Waals surface area contributed by atoms with E-state index in [2.05, 4.69) is 5.32 Å². The van der Waals surface area contributed by atoms with Crippen molar-refractivity contribution in [3.8, 4) is 0 Å². The summed E-state index contributed by atoms with van der Waals surface area (Å²) in [7, 11) is 0. The number of Topliss-reactive ketones (excluding diaryl/α,β-unsaturated/α-hetero) is 2. The Labute approximate surface area is 172 Å². The molecule has 0 radical (unpaired) electrons. The Morgan fingerprint density at radius 3 is 1.93 bits per heavy atom. The molecule has 1 aliphatic heterocycles. The second kappa shape index (κ2) is 7.01. The van der Waals surface area contributed by atoms with Gasteiger partial charge in [0.05, 0.1) is 10.6 Å². The van der Waals surface area contributed by atoms with Crippen molar-refractivity contribution in [3.63, 3.8) is 0 Å². The second-order valence-corrected chi connectivity index (χ2v) is 8.86. The summed E-state index contributed by atoms with van der Waals surface area (Å²) in [5.74, 6) is -0.719.